The summed E-state index contributed by atoms with van der Waals surface area (Å²) in [5, 5.41) is 11.8. The van der Waals surface area contributed by atoms with E-state index >= 15 is 4.39 Å². The third kappa shape index (κ3) is 3.76. The van der Waals surface area contributed by atoms with E-state index < -0.39 is 69.3 Å². The largest absolute Gasteiger partial charge is 0.457 e. The van der Waals surface area contributed by atoms with E-state index in [-0.39, 0.29) is 37.5 Å². The summed E-state index contributed by atoms with van der Waals surface area (Å²) in [5.41, 5.74) is -3.45. The monoisotopic (exact) mass is 552 g/mol. The molecule has 8 atom stereocenters. The summed E-state index contributed by atoms with van der Waals surface area (Å²) in [6.07, 6.45) is 3.57. The lowest BCUT2D eigenvalue weighted by Gasteiger charge is -2.64. The van der Waals surface area contributed by atoms with Crippen molar-refractivity contribution in [2.24, 2.45) is 28.6 Å². The highest BCUT2D eigenvalue weighted by Crippen LogP contribution is 2.72. The standard InChI is InChI=1S/C29H38ClFO7/c1-6-8-24(36)37-15-22(34)29(38-23(35)7-2)16(3)13-19-17-9-10-18-25(31)20(32)11-12-26(18,4)28(17,30)21(33)14-27(19,29)5/h11-12,16-17,19,21,33H,6-10,13-15H2,1-5H3/t16-,17+,19+,21+,26+,27+,28+,29+/m1/s1. The molecule has 7 nitrogen and oxygen atoms in total. The van der Waals surface area contributed by atoms with Crippen molar-refractivity contribution in [1.82, 2.24) is 0 Å². The van der Waals surface area contributed by atoms with Gasteiger partial charge in [-0.2, -0.15) is 0 Å². The fraction of sp³-hybridized carbons (Fsp3) is 0.724. The van der Waals surface area contributed by atoms with Gasteiger partial charge >= 0.3 is 11.9 Å². The average molecular weight is 553 g/mol. The van der Waals surface area contributed by atoms with Gasteiger partial charge in [0, 0.05) is 29.6 Å². The first kappa shape index (κ1) is 28.9. The number of carbonyl (C=O) groups is 4. The second-order valence-electron chi connectivity index (χ2n) is 11.9. The second-order valence-corrected chi connectivity index (χ2v) is 12.5. The Morgan fingerprint density at radius 1 is 1.18 bits per heavy atom. The quantitative estimate of drug-likeness (QED) is 0.358. The fourth-order valence-electron chi connectivity index (χ4n) is 8.26. The SMILES string of the molecule is CCCC(=O)OCC(=O)[C@@]1(OC(=O)CC)[C@H](C)C[C@H]2[C@@H]3CCC4=C(F)C(=O)C=C[C@]4(C)[C@@]3(Cl)[C@@H](O)C[C@@]21C. The smallest absolute Gasteiger partial charge is 0.306 e. The number of allylic oxidation sites excluding steroid dienone is 4. The molecular weight excluding hydrogens is 515 g/mol. The number of fused-ring (bicyclic) bond motifs is 5. The van der Waals surface area contributed by atoms with Crippen LogP contribution in [0.4, 0.5) is 4.39 Å². The summed E-state index contributed by atoms with van der Waals surface area (Å²) in [6.45, 7) is 8.39. The predicted octanol–water partition coefficient (Wildman–Crippen LogP) is 4.77. The van der Waals surface area contributed by atoms with E-state index in [9.17, 15) is 24.3 Å². The Kier molecular flexibility index (Phi) is 7.50. The van der Waals surface area contributed by atoms with Crippen LogP contribution in [0.15, 0.2) is 23.6 Å². The molecule has 0 bridgehead atoms. The topological polar surface area (TPSA) is 107 Å². The van der Waals surface area contributed by atoms with Gasteiger partial charge in [-0.3, -0.25) is 19.2 Å². The number of rotatable bonds is 7. The van der Waals surface area contributed by atoms with Crippen LogP contribution >= 0.6 is 11.6 Å². The Balaban J connectivity index is 1.79. The molecule has 3 fully saturated rings. The molecule has 38 heavy (non-hydrogen) atoms. The zero-order valence-corrected chi connectivity index (χ0v) is 23.5. The summed E-state index contributed by atoms with van der Waals surface area (Å²) in [4.78, 5) is 49.6. The molecule has 9 heteroatoms. The number of ketones is 2. The van der Waals surface area contributed by atoms with Gasteiger partial charge in [0.2, 0.25) is 11.6 Å². The van der Waals surface area contributed by atoms with Crippen LogP contribution in [0.1, 0.15) is 79.6 Å². The van der Waals surface area contributed by atoms with Crippen LogP contribution in [0.3, 0.4) is 0 Å². The van der Waals surface area contributed by atoms with Gasteiger partial charge in [0.05, 0.1) is 11.0 Å². The third-order valence-electron chi connectivity index (χ3n) is 10.1. The number of hydrogen-bond donors (Lipinski definition) is 1. The number of hydrogen-bond acceptors (Lipinski definition) is 7. The molecule has 0 spiro atoms. The van der Waals surface area contributed by atoms with E-state index in [1.165, 1.54) is 6.08 Å². The molecule has 0 aromatic rings. The number of esters is 2. The highest BCUT2D eigenvalue weighted by molar-refractivity contribution is 6.26. The average Bonchev–Trinajstić information content (AvgIpc) is 3.08. The first-order valence-electron chi connectivity index (χ1n) is 13.6. The molecule has 0 saturated heterocycles. The molecule has 3 saturated carbocycles. The van der Waals surface area contributed by atoms with Crippen molar-refractivity contribution in [1.29, 1.82) is 0 Å². The Morgan fingerprint density at radius 2 is 1.87 bits per heavy atom. The summed E-state index contributed by atoms with van der Waals surface area (Å²) in [6, 6.07) is 0. The maximum absolute atomic E-state index is 15.0. The van der Waals surface area contributed by atoms with Gasteiger partial charge in [-0.1, -0.05) is 40.7 Å². The van der Waals surface area contributed by atoms with E-state index in [0.717, 1.165) is 0 Å². The highest BCUT2D eigenvalue weighted by atomic mass is 35.5. The minimum absolute atomic E-state index is 0.0138. The van der Waals surface area contributed by atoms with Crippen LogP contribution in [0.2, 0.25) is 0 Å². The van der Waals surface area contributed by atoms with Crippen LogP contribution in [-0.4, -0.2) is 51.8 Å². The first-order valence-corrected chi connectivity index (χ1v) is 14.0. The number of aliphatic hydroxyl groups is 1. The van der Waals surface area contributed by atoms with Crippen LogP contribution in [-0.2, 0) is 28.7 Å². The molecule has 0 aliphatic heterocycles. The minimum atomic E-state index is -1.63. The molecule has 0 aromatic heterocycles. The zero-order valence-electron chi connectivity index (χ0n) is 22.8. The van der Waals surface area contributed by atoms with Crippen LogP contribution < -0.4 is 0 Å². The van der Waals surface area contributed by atoms with Crippen molar-refractivity contribution in [3.63, 3.8) is 0 Å². The molecule has 4 aliphatic rings. The number of Topliss-reactive ketones (excluding diaryl/α,β-unsaturated/α-hetero) is 1. The molecule has 0 aromatic carbocycles. The van der Waals surface area contributed by atoms with Gasteiger partial charge in [-0.15, -0.1) is 11.6 Å². The van der Waals surface area contributed by atoms with Crippen LogP contribution in [0.5, 0.6) is 0 Å². The van der Waals surface area contributed by atoms with E-state index in [0.29, 0.717) is 24.8 Å². The summed E-state index contributed by atoms with van der Waals surface area (Å²) in [5.74, 6) is -4.15. The molecular formula is C29H38ClFO7. The number of carbonyl (C=O) groups excluding carboxylic acids is 4. The molecule has 0 amide bonds. The van der Waals surface area contributed by atoms with Crippen LogP contribution in [0.25, 0.3) is 0 Å². The normalized spacial score (nSPS) is 41.7. The molecule has 4 rings (SSSR count). The molecule has 1 N–H and O–H groups in total. The summed E-state index contributed by atoms with van der Waals surface area (Å²) < 4.78 is 26.4. The van der Waals surface area contributed by atoms with Crippen molar-refractivity contribution in [2.75, 3.05) is 6.61 Å². The maximum Gasteiger partial charge on any atom is 0.306 e. The van der Waals surface area contributed by atoms with Gasteiger partial charge < -0.3 is 14.6 Å². The van der Waals surface area contributed by atoms with Gasteiger partial charge in [0.1, 0.15) is 0 Å². The summed E-state index contributed by atoms with van der Waals surface area (Å²) >= 11 is 7.40. The van der Waals surface area contributed by atoms with Gasteiger partial charge in [0.15, 0.2) is 18.0 Å². The van der Waals surface area contributed by atoms with Crippen molar-refractivity contribution in [3.05, 3.63) is 23.6 Å². The Hall–Kier alpha value is -2.06. The Bertz CT molecular complexity index is 1120. The van der Waals surface area contributed by atoms with Crippen molar-refractivity contribution in [3.8, 4) is 0 Å². The van der Waals surface area contributed by atoms with Gasteiger partial charge in [-0.25, -0.2) is 4.39 Å². The minimum Gasteiger partial charge on any atom is -0.457 e. The Labute approximate surface area is 228 Å². The maximum atomic E-state index is 15.0. The third-order valence-corrected chi connectivity index (χ3v) is 11.0. The second kappa shape index (κ2) is 9.84. The number of alkyl halides is 1. The van der Waals surface area contributed by atoms with Gasteiger partial charge in [0.25, 0.3) is 0 Å². The molecule has 0 radical (unpaired) electrons. The van der Waals surface area contributed by atoms with Gasteiger partial charge in [-0.05, 0) is 55.6 Å². The molecule has 0 unspecified atom stereocenters. The van der Waals surface area contributed by atoms with E-state index in [4.69, 9.17) is 21.1 Å². The van der Waals surface area contributed by atoms with E-state index in [1.807, 2.05) is 20.8 Å². The Morgan fingerprint density at radius 3 is 2.50 bits per heavy atom. The number of halogens is 2. The highest BCUT2D eigenvalue weighted by Gasteiger charge is 2.76. The first-order chi connectivity index (χ1) is 17.7. The van der Waals surface area contributed by atoms with E-state index in [2.05, 4.69) is 0 Å². The molecule has 210 valence electrons. The zero-order chi connectivity index (χ0) is 28.3. The van der Waals surface area contributed by atoms with Crippen molar-refractivity contribution < 1.29 is 38.1 Å². The predicted molar refractivity (Wildman–Crippen MR) is 138 cm³/mol. The lowest BCUT2D eigenvalue weighted by Crippen LogP contribution is -2.69. The van der Waals surface area contributed by atoms with E-state index in [1.54, 1.807) is 19.9 Å². The lowest BCUT2D eigenvalue weighted by atomic mass is 9.45. The number of aliphatic hydroxyl groups excluding tert-OH is 1. The van der Waals surface area contributed by atoms with Crippen molar-refractivity contribution in [2.45, 2.75) is 96.1 Å². The van der Waals surface area contributed by atoms with Crippen LogP contribution in [0, 0.1) is 28.6 Å². The molecule has 4 aliphatic carbocycles. The lowest BCUT2D eigenvalue weighted by molar-refractivity contribution is -0.203. The molecule has 0 heterocycles. The van der Waals surface area contributed by atoms with Crippen molar-refractivity contribution >= 4 is 35.1 Å². The summed E-state index contributed by atoms with van der Waals surface area (Å²) in [7, 11) is 0. The fourth-order valence-corrected chi connectivity index (χ4v) is 8.77. The number of ether oxygens (including phenoxy) is 2.